The lowest BCUT2D eigenvalue weighted by molar-refractivity contribution is -0.114. The van der Waals surface area contributed by atoms with Gasteiger partial charge in [-0.05, 0) is 61.4 Å². The predicted octanol–water partition coefficient (Wildman–Crippen LogP) is 4.10. The Morgan fingerprint density at radius 2 is 1.75 bits per heavy atom. The topological polar surface area (TPSA) is 123 Å². The van der Waals surface area contributed by atoms with Crippen LogP contribution >= 0.6 is 11.6 Å². The highest BCUT2D eigenvalue weighted by molar-refractivity contribution is 7.92. The van der Waals surface area contributed by atoms with E-state index in [-0.39, 0.29) is 39.6 Å². The number of nitrogens with zero attached hydrogens (tertiary/aromatic N) is 1. The number of hydrogen-bond acceptors (Lipinski definition) is 7. The molecule has 3 aromatic carbocycles. The van der Waals surface area contributed by atoms with Crippen LogP contribution in [0.2, 0.25) is 5.02 Å². The van der Waals surface area contributed by atoms with Crippen molar-refractivity contribution >= 4 is 44.8 Å². The Morgan fingerprint density at radius 1 is 1.02 bits per heavy atom. The molecule has 4 rings (SSSR count). The Morgan fingerprint density at radius 3 is 2.42 bits per heavy atom. The van der Waals surface area contributed by atoms with Crippen molar-refractivity contribution in [3.05, 3.63) is 77.3 Å². The Labute approximate surface area is 238 Å². The zero-order valence-electron chi connectivity index (χ0n) is 22.1. The van der Waals surface area contributed by atoms with Crippen LogP contribution in [-0.2, 0) is 19.6 Å². The Balaban J connectivity index is 1.58. The van der Waals surface area contributed by atoms with E-state index in [9.17, 15) is 18.0 Å². The van der Waals surface area contributed by atoms with Crippen molar-refractivity contribution in [2.75, 3.05) is 43.5 Å². The monoisotopic (exact) mass is 587 g/mol. The van der Waals surface area contributed by atoms with Gasteiger partial charge < -0.3 is 24.8 Å². The van der Waals surface area contributed by atoms with Crippen LogP contribution in [0.15, 0.2) is 71.6 Å². The first-order chi connectivity index (χ1) is 19.2. The minimum absolute atomic E-state index is 0.0413. The number of nitrogens with one attached hydrogen (secondary N) is 2. The van der Waals surface area contributed by atoms with E-state index in [2.05, 4.69) is 10.6 Å². The van der Waals surface area contributed by atoms with Gasteiger partial charge in [0.1, 0.15) is 6.54 Å². The van der Waals surface area contributed by atoms with Crippen molar-refractivity contribution < 1.29 is 32.2 Å². The van der Waals surface area contributed by atoms with E-state index in [1.165, 1.54) is 56.7 Å². The Bertz CT molecular complexity index is 1460. The van der Waals surface area contributed by atoms with Gasteiger partial charge in [0.15, 0.2) is 11.5 Å². The highest BCUT2D eigenvalue weighted by atomic mass is 35.5. The number of hydrogen-bond donors (Lipinski definition) is 2. The highest BCUT2D eigenvalue weighted by Crippen LogP contribution is 2.32. The first-order valence-corrected chi connectivity index (χ1v) is 14.3. The highest BCUT2D eigenvalue weighted by Gasteiger charge is 2.29. The fourth-order valence-corrected chi connectivity index (χ4v) is 5.81. The number of ether oxygens (including phenoxy) is 3. The van der Waals surface area contributed by atoms with Crippen LogP contribution in [0.1, 0.15) is 23.2 Å². The number of halogens is 1. The lowest BCUT2D eigenvalue weighted by Gasteiger charge is -2.25. The van der Waals surface area contributed by atoms with Crippen molar-refractivity contribution in [3.63, 3.8) is 0 Å². The van der Waals surface area contributed by atoms with Crippen LogP contribution in [0, 0.1) is 0 Å². The second kappa shape index (κ2) is 13.0. The maximum Gasteiger partial charge on any atom is 0.264 e. The van der Waals surface area contributed by atoms with Crippen LogP contribution in [0.25, 0.3) is 0 Å². The molecule has 1 atom stereocenters. The summed E-state index contributed by atoms with van der Waals surface area (Å²) in [6, 6.07) is 16.7. The molecule has 12 heteroatoms. The summed E-state index contributed by atoms with van der Waals surface area (Å²) in [4.78, 5) is 26.0. The number of carbonyl (C=O) groups excluding carboxylic acids is 2. The summed E-state index contributed by atoms with van der Waals surface area (Å²) < 4.78 is 44.6. The van der Waals surface area contributed by atoms with Gasteiger partial charge in [-0.15, -0.1) is 0 Å². The number of benzene rings is 3. The quantitative estimate of drug-likeness (QED) is 0.346. The van der Waals surface area contributed by atoms with Gasteiger partial charge >= 0.3 is 0 Å². The van der Waals surface area contributed by atoms with Crippen LogP contribution < -0.4 is 24.4 Å². The molecular weight excluding hydrogens is 558 g/mol. The zero-order valence-corrected chi connectivity index (χ0v) is 23.6. The number of para-hydroxylation sites is 1. The van der Waals surface area contributed by atoms with Crippen molar-refractivity contribution in [1.82, 2.24) is 5.32 Å². The van der Waals surface area contributed by atoms with Gasteiger partial charge in [0, 0.05) is 24.2 Å². The van der Waals surface area contributed by atoms with E-state index in [0.717, 1.165) is 17.1 Å². The van der Waals surface area contributed by atoms with Crippen LogP contribution in [0.5, 0.6) is 11.5 Å². The van der Waals surface area contributed by atoms with Crippen molar-refractivity contribution in [2.24, 2.45) is 0 Å². The molecule has 1 heterocycles. The van der Waals surface area contributed by atoms with Crippen molar-refractivity contribution in [3.8, 4) is 11.5 Å². The van der Waals surface area contributed by atoms with Gasteiger partial charge in [0.2, 0.25) is 5.91 Å². The number of rotatable bonds is 11. The molecule has 0 saturated carbocycles. The maximum atomic E-state index is 13.8. The van der Waals surface area contributed by atoms with E-state index < -0.39 is 22.5 Å². The number of sulfonamides is 1. The van der Waals surface area contributed by atoms with Gasteiger partial charge in [0.05, 0.1) is 42.2 Å². The molecule has 0 bridgehead atoms. The molecule has 2 amide bonds. The normalized spacial score (nSPS) is 14.8. The number of methoxy groups -OCH3 is 2. The SMILES string of the molecule is COc1ccc(S(=O)(=O)N(CC(=O)Nc2ccccc2C(=O)NC[C@@H]2CCCO2)c2ccc(Cl)cc2)cc1OC. The third-order valence-electron chi connectivity index (χ3n) is 6.30. The number of amides is 2. The first kappa shape index (κ1) is 29.2. The van der Waals surface area contributed by atoms with Crippen LogP contribution in [0.3, 0.4) is 0 Å². The average Bonchev–Trinajstić information content (AvgIpc) is 3.49. The molecule has 0 aromatic heterocycles. The summed E-state index contributed by atoms with van der Waals surface area (Å²) in [5.41, 5.74) is 0.712. The van der Waals surface area contributed by atoms with Crippen molar-refractivity contribution in [1.29, 1.82) is 0 Å². The summed E-state index contributed by atoms with van der Waals surface area (Å²) in [6.45, 7) is 0.447. The van der Waals surface area contributed by atoms with Gasteiger partial charge in [-0.3, -0.25) is 13.9 Å². The maximum absolute atomic E-state index is 13.8. The molecule has 2 N–H and O–H groups in total. The van der Waals surface area contributed by atoms with Gasteiger partial charge in [-0.1, -0.05) is 23.7 Å². The lowest BCUT2D eigenvalue weighted by atomic mass is 10.1. The Kier molecular flexibility index (Phi) is 9.51. The fourth-order valence-electron chi connectivity index (χ4n) is 4.24. The smallest absolute Gasteiger partial charge is 0.264 e. The standard InChI is InChI=1S/C28H30ClN3O7S/c1-37-25-14-13-22(16-26(25)38-2)40(35,36)32(20-11-9-19(29)10-12-20)18-27(33)31-24-8-4-3-7-23(24)28(34)30-17-21-6-5-15-39-21/h3-4,7-14,16,21H,5-6,15,17-18H2,1-2H3,(H,30,34)(H,31,33)/t21-/m0/s1. The summed E-state index contributed by atoms with van der Waals surface area (Å²) in [5.74, 6) is -0.462. The third-order valence-corrected chi connectivity index (χ3v) is 8.33. The molecule has 0 unspecified atom stereocenters. The molecule has 1 saturated heterocycles. The van der Waals surface area contributed by atoms with Crippen LogP contribution in [-0.4, -0.2) is 60.3 Å². The summed E-state index contributed by atoms with van der Waals surface area (Å²) >= 11 is 6.02. The van der Waals surface area contributed by atoms with E-state index in [4.69, 9.17) is 25.8 Å². The molecule has 1 aliphatic heterocycles. The molecule has 1 aliphatic rings. The second-order valence-electron chi connectivity index (χ2n) is 8.94. The molecule has 3 aromatic rings. The summed E-state index contributed by atoms with van der Waals surface area (Å²) in [7, 11) is -1.42. The van der Waals surface area contributed by atoms with E-state index in [1.54, 1.807) is 24.3 Å². The summed E-state index contributed by atoms with van der Waals surface area (Å²) in [5, 5.41) is 5.93. The van der Waals surface area contributed by atoms with E-state index >= 15 is 0 Å². The molecule has 0 spiro atoms. The number of anilines is 2. The number of carbonyl (C=O) groups is 2. The van der Waals surface area contributed by atoms with Gasteiger partial charge in [0.25, 0.3) is 15.9 Å². The van der Waals surface area contributed by atoms with Gasteiger partial charge in [-0.2, -0.15) is 0 Å². The molecule has 1 fully saturated rings. The predicted molar refractivity (Wildman–Crippen MR) is 152 cm³/mol. The molecule has 0 radical (unpaired) electrons. The largest absolute Gasteiger partial charge is 0.493 e. The van der Waals surface area contributed by atoms with E-state index in [0.29, 0.717) is 23.9 Å². The molecular formula is C28H30ClN3O7S. The second-order valence-corrected chi connectivity index (χ2v) is 11.2. The molecule has 212 valence electrons. The third kappa shape index (κ3) is 6.85. The van der Waals surface area contributed by atoms with Crippen molar-refractivity contribution in [2.45, 2.75) is 23.8 Å². The zero-order chi connectivity index (χ0) is 28.7. The Hall–Kier alpha value is -3.80. The lowest BCUT2D eigenvalue weighted by Crippen LogP contribution is -2.38. The van der Waals surface area contributed by atoms with Crippen LogP contribution in [0.4, 0.5) is 11.4 Å². The van der Waals surface area contributed by atoms with E-state index in [1.807, 2.05) is 0 Å². The minimum atomic E-state index is -4.26. The molecule has 40 heavy (non-hydrogen) atoms. The fraction of sp³-hybridized carbons (Fsp3) is 0.286. The first-order valence-electron chi connectivity index (χ1n) is 12.5. The molecule has 0 aliphatic carbocycles. The average molecular weight is 588 g/mol. The minimum Gasteiger partial charge on any atom is -0.493 e. The molecule has 10 nitrogen and oxygen atoms in total. The van der Waals surface area contributed by atoms with Gasteiger partial charge in [-0.25, -0.2) is 8.42 Å². The summed E-state index contributed by atoms with van der Waals surface area (Å²) in [6.07, 6.45) is 1.78.